The second-order valence-electron chi connectivity index (χ2n) is 4.88. The van der Waals surface area contributed by atoms with E-state index in [1.54, 1.807) is 19.1 Å². The molecule has 0 aliphatic heterocycles. The number of rotatable bonds is 7. The molecule has 0 aliphatic carbocycles. The van der Waals surface area contributed by atoms with Gasteiger partial charge >= 0.3 is 0 Å². The molecule has 0 heterocycles. The Kier molecular flexibility index (Phi) is 6.82. The van der Waals surface area contributed by atoms with Crippen molar-refractivity contribution in [2.24, 2.45) is 0 Å². The predicted molar refractivity (Wildman–Crippen MR) is 80.2 cm³/mol. The lowest BCUT2D eigenvalue weighted by Gasteiger charge is -2.17. The summed E-state index contributed by atoms with van der Waals surface area (Å²) in [6, 6.07) is 5.40. The fourth-order valence-corrected chi connectivity index (χ4v) is 1.90. The molecule has 0 bridgehead atoms. The highest BCUT2D eigenvalue weighted by Crippen LogP contribution is 2.26. The summed E-state index contributed by atoms with van der Waals surface area (Å²) in [5.74, 6) is 0.223. The monoisotopic (exact) mass is 299 g/mol. The number of hydrogen-bond acceptors (Lipinski definition) is 3. The average molecular weight is 300 g/mol. The summed E-state index contributed by atoms with van der Waals surface area (Å²) >= 11 is 6.02. The number of aryl methyl sites for hydroxylation is 1. The largest absolute Gasteiger partial charge is 0.479 e. The first kappa shape index (κ1) is 16.8. The quantitative estimate of drug-likeness (QED) is 0.814. The third-order valence-electron chi connectivity index (χ3n) is 2.89. The van der Waals surface area contributed by atoms with Crippen LogP contribution in [-0.2, 0) is 4.79 Å². The van der Waals surface area contributed by atoms with Crippen LogP contribution in [0.1, 0.15) is 32.3 Å². The second-order valence-corrected chi connectivity index (χ2v) is 5.29. The van der Waals surface area contributed by atoms with Crippen molar-refractivity contribution in [1.29, 1.82) is 0 Å². The molecular weight excluding hydrogens is 278 g/mol. The highest BCUT2D eigenvalue weighted by molar-refractivity contribution is 6.32. The first-order valence-electron chi connectivity index (χ1n) is 6.82. The Morgan fingerprint density at radius 1 is 1.50 bits per heavy atom. The number of carbonyl (C=O) groups is 1. The van der Waals surface area contributed by atoms with Crippen molar-refractivity contribution in [3.8, 4) is 5.75 Å². The number of aliphatic hydroxyl groups is 1. The molecule has 1 aromatic carbocycles. The molecule has 0 aliphatic rings. The molecule has 0 saturated carbocycles. The fourth-order valence-electron chi connectivity index (χ4n) is 1.74. The molecule has 20 heavy (non-hydrogen) atoms. The molecule has 0 saturated heterocycles. The van der Waals surface area contributed by atoms with Crippen molar-refractivity contribution in [1.82, 2.24) is 5.32 Å². The van der Waals surface area contributed by atoms with Gasteiger partial charge in [0.15, 0.2) is 6.10 Å². The maximum Gasteiger partial charge on any atom is 0.260 e. The lowest BCUT2D eigenvalue weighted by Crippen LogP contribution is -2.40. The van der Waals surface area contributed by atoms with Crippen molar-refractivity contribution in [2.75, 3.05) is 6.54 Å². The van der Waals surface area contributed by atoms with E-state index in [2.05, 4.69) is 5.32 Å². The van der Waals surface area contributed by atoms with Gasteiger partial charge in [-0.15, -0.1) is 0 Å². The first-order valence-corrected chi connectivity index (χ1v) is 7.20. The Morgan fingerprint density at radius 2 is 2.20 bits per heavy atom. The van der Waals surface area contributed by atoms with Gasteiger partial charge < -0.3 is 15.2 Å². The summed E-state index contributed by atoms with van der Waals surface area (Å²) < 4.78 is 5.55. The first-order chi connectivity index (χ1) is 9.43. The summed E-state index contributed by atoms with van der Waals surface area (Å²) in [5, 5.41) is 12.7. The van der Waals surface area contributed by atoms with E-state index in [-0.39, 0.29) is 12.5 Å². The highest BCUT2D eigenvalue weighted by atomic mass is 35.5. The van der Waals surface area contributed by atoms with Crippen LogP contribution in [-0.4, -0.2) is 29.8 Å². The molecule has 0 radical (unpaired) electrons. The Labute approximate surface area is 125 Å². The zero-order valence-corrected chi connectivity index (χ0v) is 12.9. The number of aliphatic hydroxyl groups excluding tert-OH is 1. The summed E-state index contributed by atoms with van der Waals surface area (Å²) in [7, 11) is 0. The van der Waals surface area contributed by atoms with Gasteiger partial charge in [-0.2, -0.15) is 0 Å². The molecule has 1 amide bonds. The highest BCUT2D eigenvalue weighted by Gasteiger charge is 2.17. The average Bonchev–Trinajstić information content (AvgIpc) is 2.40. The Hall–Kier alpha value is -1.26. The summed E-state index contributed by atoms with van der Waals surface area (Å²) in [6.07, 6.45) is 0.364. The van der Waals surface area contributed by atoms with Gasteiger partial charge in [0.1, 0.15) is 5.75 Å². The normalized spacial score (nSPS) is 13.7. The molecule has 4 nitrogen and oxygen atoms in total. The maximum atomic E-state index is 11.9. The zero-order chi connectivity index (χ0) is 15.1. The van der Waals surface area contributed by atoms with E-state index < -0.39 is 12.2 Å². The number of halogens is 1. The van der Waals surface area contributed by atoms with Gasteiger partial charge in [0.2, 0.25) is 0 Å². The molecule has 1 aromatic rings. The van der Waals surface area contributed by atoms with Crippen molar-refractivity contribution < 1.29 is 14.6 Å². The lowest BCUT2D eigenvalue weighted by atomic mass is 10.2. The number of nitrogens with one attached hydrogen (secondary N) is 1. The smallest absolute Gasteiger partial charge is 0.260 e. The SMILES string of the molecule is CCCC(O)CNC(=O)C(C)Oc1cc(C)ccc1Cl. The molecule has 112 valence electrons. The standard InChI is InChI=1S/C15H22ClNO3/c1-4-5-12(18)9-17-15(19)11(3)20-14-8-10(2)6-7-13(14)16/h6-8,11-12,18H,4-5,9H2,1-3H3,(H,17,19). The van der Waals surface area contributed by atoms with Crippen LogP contribution < -0.4 is 10.1 Å². The van der Waals surface area contributed by atoms with Crippen LogP contribution in [0.15, 0.2) is 18.2 Å². The van der Waals surface area contributed by atoms with E-state index in [0.29, 0.717) is 17.2 Å². The summed E-state index contributed by atoms with van der Waals surface area (Å²) in [6.45, 7) is 5.80. The molecule has 0 fully saturated rings. The lowest BCUT2D eigenvalue weighted by molar-refractivity contribution is -0.127. The van der Waals surface area contributed by atoms with E-state index >= 15 is 0 Å². The molecule has 5 heteroatoms. The van der Waals surface area contributed by atoms with Crippen LogP contribution in [0.3, 0.4) is 0 Å². The number of amides is 1. The van der Waals surface area contributed by atoms with E-state index in [4.69, 9.17) is 16.3 Å². The Morgan fingerprint density at radius 3 is 2.85 bits per heavy atom. The summed E-state index contributed by atoms with van der Waals surface area (Å²) in [4.78, 5) is 11.9. The Balaban J connectivity index is 2.51. The van der Waals surface area contributed by atoms with E-state index in [1.807, 2.05) is 19.9 Å². The zero-order valence-electron chi connectivity index (χ0n) is 12.1. The van der Waals surface area contributed by atoms with Crippen LogP contribution in [0.25, 0.3) is 0 Å². The Bertz CT molecular complexity index is 451. The number of hydrogen-bond donors (Lipinski definition) is 2. The molecule has 1 rings (SSSR count). The van der Waals surface area contributed by atoms with Gasteiger partial charge in [0, 0.05) is 6.54 Å². The summed E-state index contributed by atoms with van der Waals surface area (Å²) in [5.41, 5.74) is 1.01. The van der Waals surface area contributed by atoms with Gasteiger partial charge in [-0.1, -0.05) is 31.0 Å². The minimum atomic E-state index is -0.664. The minimum absolute atomic E-state index is 0.238. The fraction of sp³-hybridized carbons (Fsp3) is 0.533. The van der Waals surface area contributed by atoms with Crippen LogP contribution in [0.4, 0.5) is 0 Å². The number of benzene rings is 1. The topological polar surface area (TPSA) is 58.6 Å². The molecule has 0 spiro atoms. The van der Waals surface area contributed by atoms with Gasteiger partial charge in [-0.25, -0.2) is 0 Å². The molecule has 2 unspecified atom stereocenters. The molecule has 0 aromatic heterocycles. The third kappa shape index (κ3) is 5.39. The van der Waals surface area contributed by atoms with Crippen LogP contribution in [0.5, 0.6) is 5.75 Å². The van der Waals surface area contributed by atoms with Crippen molar-refractivity contribution in [2.45, 2.75) is 45.8 Å². The van der Waals surface area contributed by atoms with Crippen molar-refractivity contribution in [3.05, 3.63) is 28.8 Å². The van der Waals surface area contributed by atoms with Crippen LogP contribution >= 0.6 is 11.6 Å². The van der Waals surface area contributed by atoms with Crippen molar-refractivity contribution >= 4 is 17.5 Å². The number of ether oxygens (including phenoxy) is 1. The van der Waals surface area contributed by atoms with Crippen LogP contribution in [0.2, 0.25) is 5.02 Å². The molecule has 2 atom stereocenters. The molecular formula is C15H22ClNO3. The maximum absolute atomic E-state index is 11.9. The van der Waals surface area contributed by atoms with E-state index in [1.165, 1.54) is 0 Å². The van der Waals surface area contributed by atoms with Gasteiger partial charge in [-0.3, -0.25) is 4.79 Å². The van der Waals surface area contributed by atoms with E-state index in [9.17, 15) is 9.90 Å². The third-order valence-corrected chi connectivity index (χ3v) is 3.21. The van der Waals surface area contributed by atoms with Crippen molar-refractivity contribution in [3.63, 3.8) is 0 Å². The van der Waals surface area contributed by atoms with Crippen LogP contribution in [0, 0.1) is 6.92 Å². The number of carbonyl (C=O) groups excluding carboxylic acids is 1. The second kappa shape index (κ2) is 8.12. The van der Waals surface area contributed by atoms with E-state index in [0.717, 1.165) is 12.0 Å². The minimum Gasteiger partial charge on any atom is -0.479 e. The van der Waals surface area contributed by atoms with Gasteiger partial charge in [0.25, 0.3) is 5.91 Å². The predicted octanol–water partition coefficient (Wildman–Crippen LogP) is 2.69. The van der Waals surface area contributed by atoms with Gasteiger partial charge in [-0.05, 0) is 38.0 Å². The molecule has 2 N–H and O–H groups in total. The van der Waals surface area contributed by atoms with Gasteiger partial charge in [0.05, 0.1) is 11.1 Å².